The van der Waals surface area contributed by atoms with Gasteiger partial charge in [-0.25, -0.2) is 4.79 Å². The first-order chi connectivity index (χ1) is 19.3. The Balaban J connectivity index is 0.000000510. The molecule has 6 nitrogen and oxygen atoms in total. The van der Waals surface area contributed by atoms with Crippen molar-refractivity contribution in [2.45, 2.75) is 70.1 Å². The number of esters is 2. The van der Waals surface area contributed by atoms with Gasteiger partial charge in [-0.3, -0.25) is 9.69 Å². The molecule has 1 aromatic carbocycles. The molecule has 0 aromatic heterocycles. The number of hydrogen-bond donors (Lipinski definition) is 1. The van der Waals surface area contributed by atoms with Crippen LogP contribution in [0.2, 0.25) is 0 Å². The third kappa shape index (κ3) is 5.18. The molecule has 41 heavy (non-hydrogen) atoms. The molecule has 0 unspecified atom stereocenters. The summed E-state index contributed by atoms with van der Waals surface area (Å²) >= 11 is 0. The van der Waals surface area contributed by atoms with Crippen molar-refractivity contribution >= 4 is 17.6 Å². The van der Waals surface area contributed by atoms with E-state index in [1.807, 2.05) is 38.2 Å². The molecule has 0 amide bonds. The number of hydrogen-bond acceptors (Lipinski definition) is 6. The molecule has 2 aliphatic heterocycles. The number of anilines is 1. The average Bonchev–Trinajstić information content (AvgIpc) is 3.74. The summed E-state index contributed by atoms with van der Waals surface area (Å²) in [5.74, 6) is 2.14. The van der Waals surface area contributed by atoms with Gasteiger partial charge in [-0.1, -0.05) is 32.0 Å². The topological polar surface area (TPSA) is 67.9 Å². The molecular weight excluding hydrogens is 556 g/mol. The van der Waals surface area contributed by atoms with E-state index >= 15 is 0 Å². The first-order valence-corrected chi connectivity index (χ1v) is 14.3. The predicted octanol–water partition coefficient (Wildman–Crippen LogP) is 5.17. The SMILES string of the molecule is COC(=O)C1=C2Nc3ccccc3[C@@]23CCN([C@H]2[C]4[CH][CH][CH][C]4CCC2(C)C)[C@H]3[C@H](OC(C)=O)C1.[CH]1[CH][CH][CH][CH]1.[Fe+2]. The molecule has 1 spiro atoms. The molecule has 2 heterocycles. The van der Waals surface area contributed by atoms with E-state index in [9.17, 15) is 9.59 Å². The van der Waals surface area contributed by atoms with Crippen LogP contribution in [0, 0.1) is 68.6 Å². The maximum absolute atomic E-state index is 13.0. The summed E-state index contributed by atoms with van der Waals surface area (Å²) in [6.45, 7) is 7.04. The van der Waals surface area contributed by atoms with Crippen LogP contribution in [-0.4, -0.2) is 48.7 Å². The van der Waals surface area contributed by atoms with E-state index in [4.69, 9.17) is 9.47 Å². The Bertz CT molecular complexity index is 1170. The number of likely N-dealkylation sites (tertiary alicyclic amines) is 1. The molecule has 4 atom stereocenters. The van der Waals surface area contributed by atoms with E-state index in [-0.39, 0.29) is 46.5 Å². The molecule has 4 fully saturated rings. The molecule has 0 bridgehead atoms. The Hall–Kier alpha value is -1.82. The van der Waals surface area contributed by atoms with E-state index in [0.717, 1.165) is 37.2 Å². The van der Waals surface area contributed by atoms with Gasteiger partial charge in [-0.05, 0) is 93.6 Å². The number of benzene rings is 1. The van der Waals surface area contributed by atoms with Gasteiger partial charge in [0.05, 0.1) is 24.1 Å². The molecule has 10 radical (unpaired) electrons. The van der Waals surface area contributed by atoms with Crippen LogP contribution in [-0.2, 0) is 41.5 Å². The van der Waals surface area contributed by atoms with Crippen molar-refractivity contribution < 1.29 is 36.1 Å². The summed E-state index contributed by atoms with van der Waals surface area (Å²) < 4.78 is 11.3. The van der Waals surface area contributed by atoms with Crippen LogP contribution in [0.25, 0.3) is 0 Å². The largest absolute Gasteiger partial charge is 2.00 e. The van der Waals surface area contributed by atoms with Crippen LogP contribution in [0.1, 0.15) is 52.0 Å². The summed E-state index contributed by atoms with van der Waals surface area (Å²) in [6.07, 6.45) is 19.6. The van der Waals surface area contributed by atoms with Crippen molar-refractivity contribution in [3.05, 3.63) is 104 Å². The first kappa shape index (κ1) is 30.6. The number of nitrogens with zero attached hydrogens (tertiary/aromatic N) is 1. The molecule has 7 rings (SSSR count). The van der Waals surface area contributed by atoms with Crippen molar-refractivity contribution in [3.8, 4) is 0 Å². The Morgan fingerprint density at radius 2 is 1.71 bits per heavy atom. The van der Waals surface area contributed by atoms with Crippen LogP contribution in [0.5, 0.6) is 0 Å². The van der Waals surface area contributed by atoms with Gasteiger partial charge in [0.25, 0.3) is 0 Å². The Labute approximate surface area is 256 Å². The number of para-hydroxylation sites is 1. The average molecular weight is 595 g/mol. The molecule has 4 aliphatic carbocycles. The summed E-state index contributed by atoms with van der Waals surface area (Å²) in [6, 6.07) is 8.43. The minimum absolute atomic E-state index is 0. The van der Waals surface area contributed by atoms with E-state index in [1.165, 1.54) is 31.4 Å². The zero-order valence-corrected chi connectivity index (χ0v) is 25.2. The number of carbonyl (C=O) groups is 2. The van der Waals surface area contributed by atoms with Gasteiger partial charge in [0.1, 0.15) is 6.10 Å². The molecule has 7 heteroatoms. The maximum atomic E-state index is 13.0. The molecule has 1 N–H and O–H groups in total. The van der Waals surface area contributed by atoms with Gasteiger partial charge in [0, 0.05) is 43.2 Å². The van der Waals surface area contributed by atoms with Crippen molar-refractivity contribution in [2.75, 3.05) is 19.0 Å². The smallest absolute Gasteiger partial charge is 0.466 e. The van der Waals surface area contributed by atoms with Crippen molar-refractivity contribution in [3.63, 3.8) is 0 Å². The predicted molar refractivity (Wildman–Crippen MR) is 154 cm³/mol. The summed E-state index contributed by atoms with van der Waals surface area (Å²) in [5.41, 5.74) is 3.32. The normalized spacial score (nSPS) is 32.0. The fourth-order valence-corrected chi connectivity index (χ4v) is 7.94. The summed E-state index contributed by atoms with van der Waals surface area (Å²) in [7, 11) is 1.42. The first-order valence-electron chi connectivity index (χ1n) is 14.3. The fourth-order valence-electron chi connectivity index (χ4n) is 7.94. The number of ether oxygens (including phenoxy) is 2. The van der Waals surface area contributed by atoms with Crippen molar-refractivity contribution in [2.24, 2.45) is 5.41 Å². The maximum Gasteiger partial charge on any atom is 2.00 e. The Morgan fingerprint density at radius 3 is 2.39 bits per heavy atom. The Kier molecular flexibility index (Phi) is 9.00. The zero-order valence-electron chi connectivity index (χ0n) is 24.1. The number of carbonyl (C=O) groups excluding carboxylic acids is 2. The molecule has 3 saturated carbocycles. The summed E-state index contributed by atoms with van der Waals surface area (Å²) in [4.78, 5) is 28.0. The van der Waals surface area contributed by atoms with E-state index in [1.54, 1.807) is 0 Å². The van der Waals surface area contributed by atoms with Gasteiger partial charge in [-0.2, -0.15) is 0 Å². The minimum atomic E-state index is -0.460. The fraction of sp³-hybridized carbons (Fsp3) is 0.412. The molecule has 1 aromatic rings. The molecular formula is C34H38FeN2O4+2. The number of fused-ring (bicyclic) bond motifs is 2. The molecule has 6 aliphatic rings. The van der Waals surface area contributed by atoms with Crippen LogP contribution in [0.3, 0.4) is 0 Å². The van der Waals surface area contributed by atoms with Gasteiger partial charge in [0.15, 0.2) is 0 Å². The van der Waals surface area contributed by atoms with E-state index in [2.05, 4.69) is 61.5 Å². The second kappa shape index (κ2) is 12.1. The third-order valence-corrected chi connectivity index (χ3v) is 9.45. The molecule has 1 saturated heterocycles. The third-order valence-electron chi connectivity index (χ3n) is 9.45. The number of methoxy groups -OCH3 is 1. The Morgan fingerprint density at radius 1 is 1.00 bits per heavy atom. The van der Waals surface area contributed by atoms with Gasteiger partial charge >= 0.3 is 29.0 Å². The second-order valence-corrected chi connectivity index (χ2v) is 12.1. The number of rotatable bonds is 3. The van der Waals surface area contributed by atoms with Gasteiger partial charge in [0.2, 0.25) is 0 Å². The van der Waals surface area contributed by atoms with Crippen LogP contribution < -0.4 is 5.32 Å². The van der Waals surface area contributed by atoms with Crippen molar-refractivity contribution in [1.82, 2.24) is 4.90 Å². The molecule has 214 valence electrons. The second-order valence-electron chi connectivity index (χ2n) is 12.1. The van der Waals surface area contributed by atoms with Crippen LogP contribution in [0.4, 0.5) is 5.69 Å². The van der Waals surface area contributed by atoms with E-state index in [0.29, 0.717) is 12.0 Å². The minimum Gasteiger partial charge on any atom is -0.466 e. The van der Waals surface area contributed by atoms with Gasteiger partial charge in [-0.15, -0.1) is 0 Å². The van der Waals surface area contributed by atoms with Crippen LogP contribution in [0.15, 0.2) is 35.5 Å². The zero-order chi connectivity index (χ0) is 28.1. The van der Waals surface area contributed by atoms with E-state index < -0.39 is 11.5 Å². The van der Waals surface area contributed by atoms with Gasteiger partial charge < -0.3 is 14.8 Å². The standard InChI is InChI=1S/C29H33N2O4.C5H5.Fe/c1-17(32)35-23-16-20(27(33)34-4)24-29(21-10-5-6-11-22(21)30-24)14-15-31(26(23)29)25-19-9-7-8-18(19)12-13-28(25,2)3;1-2-4-5-3-1;/h5-11,23,25-26,30H,12-16H2,1-4H3;1-5H;/q;;+2/t23-,25+,26+,29+;;/m1../s1. The van der Waals surface area contributed by atoms with Crippen LogP contribution >= 0.6 is 0 Å². The monoisotopic (exact) mass is 594 g/mol. The van der Waals surface area contributed by atoms with Crippen molar-refractivity contribution in [1.29, 1.82) is 0 Å². The summed E-state index contributed by atoms with van der Waals surface area (Å²) in [5, 5.41) is 3.61. The number of nitrogens with one attached hydrogen (secondary N) is 1. The quantitative estimate of drug-likeness (QED) is 0.385.